The Morgan fingerprint density at radius 3 is 2.80 bits per heavy atom. The maximum atomic E-state index is 12.3. The van der Waals surface area contributed by atoms with Gasteiger partial charge >= 0.3 is 5.97 Å². The Labute approximate surface area is 144 Å². The predicted octanol–water partition coefficient (Wildman–Crippen LogP) is 3.08. The van der Waals surface area contributed by atoms with Gasteiger partial charge in [0.1, 0.15) is 5.58 Å². The molecule has 1 N–H and O–H groups in total. The van der Waals surface area contributed by atoms with Crippen LogP contribution in [0.4, 0.5) is 0 Å². The van der Waals surface area contributed by atoms with Crippen molar-refractivity contribution in [2.45, 2.75) is 13.3 Å². The number of rotatable bonds is 5. The number of carbonyl (C=O) groups excluding carboxylic acids is 2. The molecule has 0 aliphatic carbocycles. The smallest absolute Gasteiger partial charge is 0.375 e. The average Bonchev–Trinajstić information content (AvgIpc) is 2.97. The van der Waals surface area contributed by atoms with Crippen LogP contribution in [0.15, 0.2) is 40.8 Å². The summed E-state index contributed by atoms with van der Waals surface area (Å²) in [5.41, 5.74) is 1.30. The van der Waals surface area contributed by atoms with Gasteiger partial charge in [0.2, 0.25) is 5.76 Å². The highest BCUT2D eigenvalue weighted by atomic mass is 16.5. The van der Waals surface area contributed by atoms with Crippen LogP contribution in [-0.4, -0.2) is 25.0 Å². The molecule has 0 fully saturated rings. The molecule has 6 heteroatoms. The number of carbonyl (C=O) groups is 2. The Morgan fingerprint density at radius 1 is 1.20 bits per heavy atom. The first-order chi connectivity index (χ1) is 12.1. The molecule has 126 valence electrons. The summed E-state index contributed by atoms with van der Waals surface area (Å²) in [4.78, 5) is 23.8. The molecule has 3 rings (SSSR count). The maximum Gasteiger partial charge on any atom is 0.375 e. The Bertz CT molecular complexity index is 998. The highest BCUT2D eigenvalue weighted by Crippen LogP contribution is 2.31. The van der Waals surface area contributed by atoms with E-state index in [1.54, 1.807) is 6.92 Å². The van der Waals surface area contributed by atoms with Gasteiger partial charge in [0, 0.05) is 22.9 Å². The molecular weight excluding hydrogens is 320 g/mol. The molecule has 0 saturated heterocycles. The van der Waals surface area contributed by atoms with Crippen LogP contribution in [0.3, 0.4) is 0 Å². The van der Waals surface area contributed by atoms with Crippen molar-refractivity contribution in [1.82, 2.24) is 5.32 Å². The summed E-state index contributed by atoms with van der Waals surface area (Å²) in [5.74, 6) is -1.05. The van der Waals surface area contributed by atoms with E-state index in [2.05, 4.69) is 5.32 Å². The van der Waals surface area contributed by atoms with E-state index in [4.69, 9.17) is 14.4 Å². The molecule has 1 aromatic heterocycles. The number of nitrogens with one attached hydrogen (secondary N) is 1. The van der Waals surface area contributed by atoms with E-state index in [1.165, 1.54) is 0 Å². The lowest BCUT2D eigenvalue weighted by molar-refractivity contribution is -0.124. The molecule has 1 heterocycles. The predicted molar refractivity (Wildman–Crippen MR) is 92.0 cm³/mol. The molecule has 3 aromatic rings. The SMILES string of the molecule is Cc1c(C(=O)OCC(=O)NCCC#N)oc2c1ccc1ccccc12. The molecule has 0 atom stereocenters. The second kappa shape index (κ2) is 7.05. The fraction of sp³-hybridized carbons (Fsp3) is 0.211. The molecular formula is C19H16N2O4. The van der Waals surface area contributed by atoms with Gasteiger partial charge in [-0.05, 0) is 12.3 Å². The van der Waals surface area contributed by atoms with Crippen LogP contribution in [0.2, 0.25) is 0 Å². The van der Waals surface area contributed by atoms with E-state index >= 15 is 0 Å². The summed E-state index contributed by atoms with van der Waals surface area (Å²) >= 11 is 0. The molecule has 2 aromatic carbocycles. The number of hydrogen-bond acceptors (Lipinski definition) is 5. The minimum atomic E-state index is -0.687. The summed E-state index contributed by atoms with van der Waals surface area (Å²) in [6, 6.07) is 13.5. The number of benzene rings is 2. The molecule has 0 saturated carbocycles. The third-order valence-electron chi connectivity index (χ3n) is 3.91. The number of nitriles is 1. The van der Waals surface area contributed by atoms with Crippen LogP contribution in [0.25, 0.3) is 21.7 Å². The van der Waals surface area contributed by atoms with Crippen molar-refractivity contribution < 1.29 is 18.7 Å². The second-order valence-electron chi connectivity index (χ2n) is 5.55. The van der Waals surface area contributed by atoms with Crippen molar-refractivity contribution in [1.29, 1.82) is 5.26 Å². The van der Waals surface area contributed by atoms with Crippen LogP contribution in [0.1, 0.15) is 22.5 Å². The third kappa shape index (κ3) is 3.31. The number of amides is 1. The molecule has 0 radical (unpaired) electrons. The first-order valence-electron chi connectivity index (χ1n) is 7.83. The highest BCUT2D eigenvalue weighted by molar-refractivity contribution is 6.08. The van der Waals surface area contributed by atoms with Crippen LogP contribution in [-0.2, 0) is 9.53 Å². The summed E-state index contributed by atoms with van der Waals surface area (Å²) < 4.78 is 10.8. The van der Waals surface area contributed by atoms with Crippen LogP contribution in [0.5, 0.6) is 0 Å². The molecule has 0 bridgehead atoms. The number of fused-ring (bicyclic) bond motifs is 3. The lowest BCUT2D eigenvalue weighted by Gasteiger charge is -2.04. The van der Waals surface area contributed by atoms with Crippen molar-refractivity contribution in [3.05, 3.63) is 47.7 Å². The zero-order valence-electron chi connectivity index (χ0n) is 13.7. The van der Waals surface area contributed by atoms with Gasteiger partial charge in [-0.15, -0.1) is 0 Å². The normalized spacial score (nSPS) is 10.6. The van der Waals surface area contributed by atoms with E-state index in [1.807, 2.05) is 42.5 Å². The summed E-state index contributed by atoms with van der Waals surface area (Å²) in [6.45, 7) is 1.59. The van der Waals surface area contributed by atoms with Gasteiger partial charge in [-0.25, -0.2) is 4.79 Å². The molecule has 0 spiro atoms. The number of hydrogen-bond donors (Lipinski definition) is 1. The van der Waals surface area contributed by atoms with Crippen molar-refractivity contribution in [2.75, 3.05) is 13.2 Å². The average molecular weight is 336 g/mol. The zero-order valence-corrected chi connectivity index (χ0v) is 13.7. The first kappa shape index (κ1) is 16.5. The summed E-state index contributed by atoms with van der Waals surface area (Å²) in [6.07, 6.45) is 0.204. The number of aryl methyl sites for hydroxylation is 1. The summed E-state index contributed by atoms with van der Waals surface area (Å²) in [7, 11) is 0. The Hall–Kier alpha value is -3.33. The lowest BCUT2D eigenvalue weighted by Crippen LogP contribution is -2.29. The maximum absolute atomic E-state index is 12.3. The van der Waals surface area contributed by atoms with E-state index < -0.39 is 18.5 Å². The fourth-order valence-electron chi connectivity index (χ4n) is 2.65. The first-order valence-corrected chi connectivity index (χ1v) is 7.83. The number of nitrogens with zero attached hydrogens (tertiary/aromatic N) is 1. The van der Waals surface area contributed by atoms with Crippen LogP contribution >= 0.6 is 0 Å². The second-order valence-corrected chi connectivity index (χ2v) is 5.55. The molecule has 25 heavy (non-hydrogen) atoms. The summed E-state index contributed by atoms with van der Waals surface area (Å²) in [5, 5.41) is 13.7. The van der Waals surface area contributed by atoms with Crippen molar-refractivity contribution in [3.8, 4) is 6.07 Å². The quantitative estimate of drug-likeness (QED) is 0.571. The fourth-order valence-corrected chi connectivity index (χ4v) is 2.65. The topological polar surface area (TPSA) is 92.3 Å². The lowest BCUT2D eigenvalue weighted by atomic mass is 10.1. The molecule has 6 nitrogen and oxygen atoms in total. The van der Waals surface area contributed by atoms with Gasteiger partial charge in [0.25, 0.3) is 5.91 Å². The van der Waals surface area contributed by atoms with Crippen molar-refractivity contribution >= 4 is 33.6 Å². The Kier molecular flexibility index (Phi) is 4.66. The van der Waals surface area contributed by atoms with Gasteiger partial charge in [-0.1, -0.05) is 36.4 Å². The van der Waals surface area contributed by atoms with Crippen molar-refractivity contribution in [2.24, 2.45) is 0 Å². The minimum Gasteiger partial charge on any atom is -0.450 e. The molecule has 0 aliphatic heterocycles. The van der Waals surface area contributed by atoms with Crippen LogP contribution < -0.4 is 5.32 Å². The van der Waals surface area contributed by atoms with Gasteiger partial charge < -0.3 is 14.5 Å². The third-order valence-corrected chi connectivity index (χ3v) is 3.91. The van der Waals surface area contributed by atoms with E-state index in [-0.39, 0.29) is 18.7 Å². The van der Waals surface area contributed by atoms with Gasteiger partial charge in [-0.2, -0.15) is 5.26 Å². The molecule has 0 aliphatic rings. The van der Waals surface area contributed by atoms with Gasteiger partial charge in [0.05, 0.1) is 12.5 Å². The number of ether oxygens (including phenoxy) is 1. The van der Waals surface area contributed by atoms with E-state index in [0.29, 0.717) is 11.1 Å². The minimum absolute atomic E-state index is 0.0937. The molecule has 0 unspecified atom stereocenters. The highest BCUT2D eigenvalue weighted by Gasteiger charge is 2.21. The van der Waals surface area contributed by atoms with Crippen molar-refractivity contribution in [3.63, 3.8) is 0 Å². The number of esters is 1. The molecule has 1 amide bonds. The zero-order chi connectivity index (χ0) is 17.8. The van der Waals surface area contributed by atoms with Crippen LogP contribution in [0, 0.1) is 18.3 Å². The number of furan rings is 1. The standard InChI is InChI=1S/C19H16N2O4/c1-12-14-8-7-13-5-2-3-6-15(13)18(14)25-17(12)19(23)24-11-16(22)21-10-4-9-20/h2-3,5-8H,4,10-11H2,1H3,(H,21,22). The Morgan fingerprint density at radius 2 is 2.00 bits per heavy atom. The van der Waals surface area contributed by atoms with E-state index in [9.17, 15) is 9.59 Å². The van der Waals surface area contributed by atoms with Gasteiger partial charge in [0.15, 0.2) is 6.61 Å². The largest absolute Gasteiger partial charge is 0.450 e. The van der Waals surface area contributed by atoms with E-state index in [0.717, 1.165) is 16.2 Å². The monoisotopic (exact) mass is 336 g/mol. The Balaban J connectivity index is 1.80. The van der Waals surface area contributed by atoms with Gasteiger partial charge in [-0.3, -0.25) is 4.79 Å².